The minimum Gasteiger partial charge on any atom is -0.453 e. The number of aliphatic hydroxyl groups excluding tert-OH is 1. The summed E-state index contributed by atoms with van der Waals surface area (Å²) in [5, 5.41) is 14.4. The Morgan fingerprint density at radius 1 is 1.04 bits per heavy atom. The van der Waals surface area contributed by atoms with Gasteiger partial charge in [-0.25, -0.2) is 0 Å². The number of fused-ring (bicyclic) bond motifs is 2. The Hall–Kier alpha value is -2.73. The van der Waals surface area contributed by atoms with E-state index in [1.165, 1.54) is 0 Å². The number of hydrogen-bond donors (Lipinski definition) is 1. The van der Waals surface area contributed by atoms with Crippen LogP contribution in [0.25, 0.3) is 10.4 Å². The normalized spacial score (nSPS) is 25.0. The maximum Gasteiger partial charge on any atom is 0.151 e. The van der Waals surface area contributed by atoms with Crippen molar-refractivity contribution in [3.8, 4) is 11.5 Å². The van der Waals surface area contributed by atoms with Gasteiger partial charge in [-0.05, 0) is 29.8 Å². The Labute approximate surface area is 138 Å². The van der Waals surface area contributed by atoms with Crippen LogP contribution in [0.2, 0.25) is 0 Å². The molecule has 4 rings (SSSR count). The molecule has 1 saturated heterocycles. The number of azide groups is 1. The lowest BCUT2D eigenvalue weighted by atomic mass is 9.98. The third kappa shape index (κ3) is 2.35. The number of anilines is 2. The van der Waals surface area contributed by atoms with Crippen molar-refractivity contribution in [3.63, 3.8) is 0 Å². The monoisotopic (exact) mass is 324 g/mol. The number of hydrogen-bond acceptors (Lipinski definition) is 5. The van der Waals surface area contributed by atoms with E-state index in [9.17, 15) is 5.11 Å². The van der Waals surface area contributed by atoms with E-state index in [1.807, 2.05) is 53.4 Å². The molecule has 0 bridgehead atoms. The zero-order valence-corrected chi connectivity index (χ0v) is 12.8. The summed E-state index contributed by atoms with van der Waals surface area (Å²) in [7, 11) is 0. The van der Waals surface area contributed by atoms with Crippen LogP contribution in [0.4, 0.5) is 11.4 Å². The maximum absolute atomic E-state index is 10.7. The Morgan fingerprint density at radius 2 is 1.67 bits per heavy atom. The molecule has 0 saturated carbocycles. The van der Waals surface area contributed by atoms with Crippen molar-refractivity contribution in [2.24, 2.45) is 5.11 Å². The van der Waals surface area contributed by atoms with E-state index in [0.29, 0.717) is 18.1 Å². The van der Waals surface area contributed by atoms with E-state index < -0.39 is 12.1 Å². The summed E-state index contributed by atoms with van der Waals surface area (Å²) >= 11 is 0. The topological polar surface area (TPSA) is 90.7 Å². The number of rotatable bonds is 2. The molecule has 2 aromatic carbocycles. The van der Waals surface area contributed by atoms with Crippen molar-refractivity contribution in [2.75, 3.05) is 18.1 Å². The van der Waals surface area contributed by atoms with Crippen LogP contribution in [0, 0.1) is 0 Å². The van der Waals surface area contributed by atoms with E-state index in [2.05, 4.69) is 10.0 Å². The average molecular weight is 324 g/mol. The Balaban J connectivity index is 1.81. The van der Waals surface area contributed by atoms with Crippen LogP contribution >= 0.6 is 0 Å². The van der Waals surface area contributed by atoms with E-state index in [0.717, 1.165) is 11.4 Å². The van der Waals surface area contributed by atoms with Crippen LogP contribution in [0.5, 0.6) is 11.5 Å². The van der Waals surface area contributed by atoms with Gasteiger partial charge in [0.2, 0.25) is 0 Å². The van der Waals surface area contributed by atoms with Crippen molar-refractivity contribution in [3.05, 3.63) is 59.0 Å². The molecule has 2 aliphatic heterocycles. The van der Waals surface area contributed by atoms with E-state index in [4.69, 9.17) is 15.0 Å². The summed E-state index contributed by atoms with van der Waals surface area (Å²) < 4.78 is 11.6. The van der Waals surface area contributed by atoms with Gasteiger partial charge < -0.3 is 19.5 Å². The second-order valence-corrected chi connectivity index (χ2v) is 5.78. The molecule has 122 valence electrons. The third-order valence-corrected chi connectivity index (χ3v) is 4.37. The highest BCUT2D eigenvalue weighted by molar-refractivity contribution is 5.78. The standard InChI is InChI=1S/C17H16N4O3/c18-20-19-11-9-23-10-14(17(11)22)21-12-5-1-3-7-15(12)24-16-8-4-2-6-13(16)21/h1-8,11,14,17,22H,9-10H2/t11-,14?,17+/m0/s1. The smallest absolute Gasteiger partial charge is 0.151 e. The molecular formula is C17H16N4O3. The third-order valence-electron chi connectivity index (χ3n) is 4.37. The molecule has 7 heteroatoms. The predicted molar refractivity (Wildman–Crippen MR) is 88.6 cm³/mol. The van der Waals surface area contributed by atoms with Crippen LogP contribution in [0.3, 0.4) is 0 Å². The van der Waals surface area contributed by atoms with Crippen LogP contribution in [-0.2, 0) is 4.74 Å². The summed E-state index contributed by atoms with van der Waals surface area (Å²) in [4.78, 5) is 4.83. The Kier molecular flexibility index (Phi) is 3.74. The SMILES string of the molecule is [N-]=[N+]=N[C@H]1COCC(N2c3ccccc3Oc3ccccc32)[C@@H]1O. The van der Waals surface area contributed by atoms with Crippen LogP contribution < -0.4 is 9.64 Å². The first-order chi connectivity index (χ1) is 11.8. The van der Waals surface area contributed by atoms with Crippen LogP contribution in [0.1, 0.15) is 0 Å². The molecule has 2 heterocycles. The molecule has 0 radical (unpaired) electrons. The highest BCUT2D eigenvalue weighted by atomic mass is 16.5. The first-order valence-electron chi connectivity index (χ1n) is 7.75. The first kappa shape index (κ1) is 14.8. The second-order valence-electron chi connectivity index (χ2n) is 5.78. The molecule has 1 unspecified atom stereocenters. The molecule has 0 aromatic heterocycles. The molecule has 0 spiro atoms. The van der Waals surface area contributed by atoms with Crippen LogP contribution in [0.15, 0.2) is 53.6 Å². The molecule has 2 aliphatic rings. The lowest BCUT2D eigenvalue weighted by Crippen LogP contribution is -2.54. The number of ether oxygens (including phenoxy) is 2. The fraction of sp³-hybridized carbons (Fsp3) is 0.294. The van der Waals surface area contributed by atoms with Gasteiger partial charge in [0, 0.05) is 4.91 Å². The zero-order valence-electron chi connectivity index (χ0n) is 12.8. The maximum atomic E-state index is 10.7. The molecule has 1 fully saturated rings. The molecule has 3 atom stereocenters. The minimum absolute atomic E-state index is 0.218. The number of benzene rings is 2. The van der Waals surface area contributed by atoms with Gasteiger partial charge in [0.15, 0.2) is 11.5 Å². The average Bonchev–Trinajstić information content (AvgIpc) is 2.62. The number of aliphatic hydroxyl groups is 1. The summed E-state index contributed by atoms with van der Waals surface area (Å²) in [6.07, 6.45) is -0.839. The Bertz CT molecular complexity index is 760. The van der Waals surface area contributed by atoms with Gasteiger partial charge in [0.25, 0.3) is 0 Å². The summed E-state index contributed by atoms with van der Waals surface area (Å²) in [6, 6.07) is 14.3. The summed E-state index contributed by atoms with van der Waals surface area (Å²) in [5.74, 6) is 1.43. The largest absolute Gasteiger partial charge is 0.453 e. The van der Waals surface area contributed by atoms with Gasteiger partial charge in [-0.15, -0.1) is 0 Å². The van der Waals surface area contributed by atoms with Crippen LogP contribution in [-0.4, -0.2) is 36.5 Å². The Morgan fingerprint density at radius 3 is 2.29 bits per heavy atom. The van der Waals surface area contributed by atoms with Crippen molar-refractivity contribution in [1.82, 2.24) is 0 Å². The van der Waals surface area contributed by atoms with Gasteiger partial charge in [0.1, 0.15) is 0 Å². The van der Waals surface area contributed by atoms with Gasteiger partial charge in [-0.3, -0.25) is 0 Å². The molecule has 24 heavy (non-hydrogen) atoms. The lowest BCUT2D eigenvalue weighted by Gasteiger charge is -2.43. The highest BCUT2D eigenvalue weighted by Crippen LogP contribution is 2.48. The molecule has 0 amide bonds. The molecule has 2 aromatic rings. The van der Waals surface area contributed by atoms with Crippen molar-refractivity contribution >= 4 is 11.4 Å². The molecule has 1 N–H and O–H groups in total. The summed E-state index contributed by atoms with van der Waals surface area (Å²) in [5.41, 5.74) is 10.4. The first-order valence-corrected chi connectivity index (χ1v) is 7.75. The van der Waals surface area contributed by atoms with Gasteiger partial charge in [0.05, 0.1) is 42.8 Å². The summed E-state index contributed by atoms with van der Waals surface area (Å²) in [6.45, 7) is 0.552. The fourth-order valence-corrected chi connectivity index (χ4v) is 3.25. The fourth-order valence-electron chi connectivity index (χ4n) is 3.25. The zero-order chi connectivity index (χ0) is 16.5. The predicted octanol–water partition coefficient (Wildman–Crippen LogP) is 3.37. The lowest BCUT2D eigenvalue weighted by molar-refractivity contribution is -0.0193. The molecule has 0 aliphatic carbocycles. The number of nitrogens with zero attached hydrogens (tertiary/aromatic N) is 4. The highest BCUT2D eigenvalue weighted by Gasteiger charge is 2.39. The molecule has 7 nitrogen and oxygen atoms in total. The van der Waals surface area contributed by atoms with E-state index in [1.54, 1.807) is 0 Å². The van der Waals surface area contributed by atoms with Gasteiger partial charge in [-0.1, -0.05) is 29.4 Å². The van der Waals surface area contributed by atoms with Crippen molar-refractivity contribution in [1.29, 1.82) is 0 Å². The van der Waals surface area contributed by atoms with Gasteiger partial charge in [-0.2, -0.15) is 0 Å². The quantitative estimate of drug-likeness (QED) is 0.521. The van der Waals surface area contributed by atoms with Crippen molar-refractivity contribution < 1.29 is 14.6 Å². The second kappa shape index (κ2) is 6.05. The number of para-hydroxylation sites is 4. The minimum atomic E-state index is -0.839. The van der Waals surface area contributed by atoms with Gasteiger partial charge >= 0.3 is 0 Å². The van der Waals surface area contributed by atoms with E-state index >= 15 is 0 Å². The van der Waals surface area contributed by atoms with Crippen molar-refractivity contribution in [2.45, 2.75) is 18.2 Å². The molecular weight excluding hydrogens is 308 g/mol. The van der Waals surface area contributed by atoms with E-state index in [-0.39, 0.29) is 12.6 Å².